The average Bonchev–Trinajstić information content (AvgIpc) is 2.77. The molecule has 1 saturated heterocycles. The second-order valence-corrected chi connectivity index (χ2v) is 6.95. The number of ether oxygens (including phenoxy) is 3. The Morgan fingerprint density at radius 3 is 2.45 bits per heavy atom. The van der Waals surface area contributed by atoms with Gasteiger partial charge in [0.15, 0.2) is 5.96 Å². The third-order valence-electron chi connectivity index (χ3n) is 4.89. The number of amides is 1. The van der Waals surface area contributed by atoms with Crippen LogP contribution >= 0.6 is 24.0 Å². The van der Waals surface area contributed by atoms with Gasteiger partial charge in [0.25, 0.3) is 0 Å². The molecule has 0 radical (unpaired) electrons. The van der Waals surface area contributed by atoms with Crippen molar-refractivity contribution in [2.24, 2.45) is 4.99 Å². The van der Waals surface area contributed by atoms with Crippen LogP contribution in [0.1, 0.15) is 12.5 Å². The minimum absolute atomic E-state index is 0. The first kappa shape index (κ1) is 27.2. The zero-order valence-corrected chi connectivity index (χ0v) is 21.3. The number of nitrogens with zero attached hydrogens (tertiary/aromatic N) is 3. The summed E-state index contributed by atoms with van der Waals surface area (Å²) in [7, 11) is 4.97. The Hall–Kier alpha value is -1.79. The highest BCUT2D eigenvalue weighted by atomic mass is 127. The van der Waals surface area contributed by atoms with Crippen molar-refractivity contribution in [3.05, 3.63) is 23.8 Å². The monoisotopic (exact) mass is 549 g/mol. The summed E-state index contributed by atoms with van der Waals surface area (Å²) in [6.45, 7) is 8.13. The fraction of sp³-hybridized carbons (Fsp3) is 0.619. The van der Waals surface area contributed by atoms with Crippen LogP contribution in [0.4, 0.5) is 0 Å². The topological polar surface area (TPSA) is 87.7 Å². The van der Waals surface area contributed by atoms with Crippen LogP contribution in [0.25, 0.3) is 0 Å². The van der Waals surface area contributed by atoms with Crippen molar-refractivity contribution in [1.29, 1.82) is 0 Å². The van der Waals surface area contributed by atoms with E-state index in [2.05, 4.69) is 25.4 Å². The van der Waals surface area contributed by atoms with Gasteiger partial charge >= 0.3 is 0 Å². The lowest BCUT2D eigenvalue weighted by Gasteiger charge is -2.36. The predicted octanol–water partition coefficient (Wildman–Crippen LogP) is 1.17. The molecule has 0 aliphatic carbocycles. The van der Waals surface area contributed by atoms with Crippen molar-refractivity contribution in [2.45, 2.75) is 13.5 Å². The Kier molecular flexibility index (Phi) is 13.3. The van der Waals surface area contributed by atoms with Crippen LogP contribution in [0.15, 0.2) is 23.2 Å². The third-order valence-corrected chi connectivity index (χ3v) is 4.89. The Morgan fingerprint density at radius 2 is 1.84 bits per heavy atom. The molecule has 0 unspecified atom stereocenters. The second kappa shape index (κ2) is 15.1. The van der Waals surface area contributed by atoms with Gasteiger partial charge in [0, 0.05) is 58.5 Å². The number of carbonyl (C=O) groups is 1. The molecule has 10 heteroatoms. The smallest absolute Gasteiger partial charge is 0.241 e. The molecule has 176 valence electrons. The molecule has 0 spiro atoms. The quantitative estimate of drug-likeness (QED) is 0.196. The second-order valence-electron chi connectivity index (χ2n) is 6.95. The minimum atomic E-state index is -0.105. The van der Waals surface area contributed by atoms with Crippen LogP contribution in [0.5, 0.6) is 11.5 Å². The fourth-order valence-corrected chi connectivity index (χ4v) is 3.29. The number of halogens is 1. The van der Waals surface area contributed by atoms with Gasteiger partial charge in [0.05, 0.1) is 20.8 Å². The SMILES string of the molecule is CCNC(=NCC(=O)NCCOC)N1CCN(Cc2cc(OC)ccc2OC)CC1.I. The zero-order valence-electron chi connectivity index (χ0n) is 19.0. The lowest BCUT2D eigenvalue weighted by atomic mass is 10.1. The Morgan fingerprint density at radius 1 is 1.10 bits per heavy atom. The van der Waals surface area contributed by atoms with Gasteiger partial charge in [-0.25, -0.2) is 4.99 Å². The van der Waals surface area contributed by atoms with E-state index in [0.29, 0.717) is 13.2 Å². The molecule has 1 aromatic rings. The van der Waals surface area contributed by atoms with E-state index >= 15 is 0 Å². The molecule has 1 aliphatic rings. The number of guanidine groups is 1. The molecule has 0 bridgehead atoms. The van der Waals surface area contributed by atoms with Crippen molar-refractivity contribution >= 4 is 35.8 Å². The van der Waals surface area contributed by atoms with Gasteiger partial charge in [-0.3, -0.25) is 9.69 Å². The number of rotatable bonds is 10. The summed E-state index contributed by atoms with van der Waals surface area (Å²) in [6, 6.07) is 5.88. The summed E-state index contributed by atoms with van der Waals surface area (Å²) in [5.41, 5.74) is 1.11. The molecular weight excluding hydrogens is 513 g/mol. The largest absolute Gasteiger partial charge is 0.497 e. The molecule has 1 aliphatic heterocycles. The molecule has 0 aromatic heterocycles. The summed E-state index contributed by atoms with van der Waals surface area (Å²) in [5, 5.41) is 6.08. The van der Waals surface area contributed by atoms with E-state index in [-0.39, 0.29) is 36.4 Å². The maximum absolute atomic E-state index is 11.9. The van der Waals surface area contributed by atoms with Crippen molar-refractivity contribution in [1.82, 2.24) is 20.4 Å². The lowest BCUT2D eigenvalue weighted by Crippen LogP contribution is -2.52. The number of benzene rings is 1. The van der Waals surface area contributed by atoms with Crippen molar-refractivity contribution in [3.63, 3.8) is 0 Å². The highest BCUT2D eigenvalue weighted by Gasteiger charge is 2.21. The molecule has 2 N–H and O–H groups in total. The molecule has 1 amide bonds. The molecule has 1 aromatic carbocycles. The summed E-state index contributed by atoms with van der Waals surface area (Å²) in [6.07, 6.45) is 0. The molecule has 0 atom stereocenters. The van der Waals surface area contributed by atoms with Gasteiger partial charge in [-0.2, -0.15) is 0 Å². The van der Waals surface area contributed by atoms with Gasteiger partial charge in [-0.15, -0.1) is 24.0 Å². The summed E-state index contributed by atoms with van der Waals surface area (Å²) in [4.78, 5) is 21.0. The highest BCUT2D eigenvalue weighted by molar-refractivity contribution is 14.0. The van der Waals surface area contributed by atoms with Gasteiger partial charge < -0.3 is 29.7 Å². The summed E-state index contributed by atoms with van der Waals surface area (Å²) < 4.78 is 15.8. The number of nitrogens with one attached hydrogen (secondary N) is 2. The average molecular weight is 549 g/mol. The molecule has 0 saturated carbocycles. The number of methoxy groups -OCH3 is 3. The molecule has 9 nitrogen and oxygen atoms in total. The highest BCUT2D eigenvalue weighted by Crippen LogP contribution is 2.25. The van der Waals surface area contributed by atoms with Crippen LogP contribution in [0, 0.1) is 0 Å². The Bertz CT molecular complexity index is 696. The Labute approximate surface area is 202 Å². The van der Waals surface area contributed by atoms with Gasteiger partial charge in [0.2, 0.25) is 5.91 Å². The van der Waals surface area contributed by atoms with Crippen LogP contribution < -0.4 is 20.1 Å². The van der Waals surface area contributed by atoms with E-state index < -0.39 is 0 Å². The Balaban J connectivity index is 0.00000480. The number of hydrogen-bond donors (Lipinski definition) is 2. The predicted molar refractivity (Wildman–Crippen MR) is 133 cm³/mol. The van der Waals surface area contributed by atoms with Crippen molar-refractivity contribution in [3.8, 4) is 11.5 Å². The fourth-order valence-electron chi connectivity index (χ4n) is 3.29. The maximum atomic E-state index is 11.9. The molecule has 1 heterocycles. The van der Waals surface area contributed by atoms with Crippen LogP contribution in [-0.4, -0.2) is 95.4 Å². The van der Waals surface area contributed by atoms with E-state index in [0.717, 1.165) is 62.3 Å². The van der Waals surface area contributed by atoms with E-state index in [4.69, 9.17) is 14.2 Å². The van der Waals surface area contributed by atoms with Gasteiger partial charge in [0.1, 0.15) is 18.0 Å². The van der Waals surface area contributed by atoms with Crippen LogP contribution in [-0.2, 0) is 16.1 Å². The minimum Gasteiger partial charge on any atom is -0.497 e. The first-order valence-corrected chi connectivity index (χ1v) is 10.3. The van der Waals surface area contributed by atoms with Gasteiger partial charge in [-0.05, 0) is 25.1 Å². The first-order chi connectivity index (χ1) is 14.6. The third kappa shape index (κ3) is 9.08. The standard InChI is InChI=1S/C21H35N5O4.HI/c1-5-22-21(24-15-20(27)23-8-13-28-2)26-11-9-25(10-12-26)16-17-14-18(29-3)6-7-19(17)30-4;/h6-7,14H,5,8-13,15-16H2,1-4H3,(H,22,24)(H,23,27);1H. The number of aliphatic imine (C=N–C) groups is 1. The number of carbonyl (C=O) groups excluding carboxylic acids is 1. The van der Waals surface area contributed by atoms with E-state index in [9.17, 15) is 4.79 Å². The normalized spacial score (nSPS) is 14.6. The van der Waals surface area contributed by atoms with Gasteiger partial charge in [-0.1, -0.05) is 0 Å². The molecule has 1 fully saturated rings. The van der Waals surface area contributed by atoms with Crippen LogP contribution in [0.3, 0.4) is 0 Å². The van der Waals surface area contributed by atoms with Crippen molar-refractivity contribution in [2.75, 3.05) is 73.7 Å². The van der Waals surface area contributed by atoms with Crippen molar-refractivity contribution < 1.29 is 19.0 Å². The summed E-state index contributed by atoms with van der Waals surface area (Å²) >= 11 is 0. The first-order valence-electron chi connectivity index (χ1n) is 10.3. The maximum Gasteiger partial charge on any atom is 0.241 e. The molecular formula is C21H36IN5O4. The summed E-state index contributed by atoms with van der Waals surface area (Å²) in [5.74, 6) is 2.37. The molecule has 2 rings (SSSR count). The molecule has 31 heavy (non-hydrogen) atoms. The zero-order chi connectivity index (χ0) is 21.8. The van der Waals surface area contributed by atoms with E-state index in [1.54, 1.807) is 21.3 Å². The van der Waals surface area contributed by atoms with Crippen LogP contribution in [0.2, 0.25) is 0 Å². The lowest BCUT2D eigenvalue weighted by molar-refractivity contribution is -0.119. The number of hydrogen-bond acceptors (Lipinski definition) is 6. The van der Waals surface area contributed by atoms with E-state index in [1.807, 2.05) is 25.1 Å². The number of piperazine rings is 1. The van der Waals surface area contributed by atoms with E-state index in [1.165, 1.54) is 0 Å².